The van der Waals surface area contributed by atoms with Crippen LogP contribution < -0.4 is 0 Å². The summed E-state index contributed by atoms with van der Waals surface area (Å²) in [4.78, 5) is 12.7. The van der Waals surface area contributed by atoms with Crippen molar-refractivity contribution in [3.63, 3.8) is 0 Å². The number of hydrogen-bond acceptors (Lipinski definition) is 5. The minimum Gasteiger partial charge on any atom is -0.467 e. The molecule has 170 valence electrons. The summed E-state index contributed by atoms with van der Waals surface area (Å²) in [7, 11) is 0. The number of rotatable bonds is 7. The molecular weight excluding hydrogens is 477 g/mol. The Morgan fingerprint density at radius 3 is 2.42 bits per heavy atom. The number of hydrogen-bond donors (Lipinski definition) is 0. The van der Waals surface area contributed by atoms with E-state index < -0.39 is 0 Å². The topological polar surface area (TPSA) is 60.9 Å². The normalized spacial score (nSPS) is 11.7. The summed E-state index contributed by atoms with van der Waals surface area (Å²) in [5.41, 5.74) is 2.76. The number of benzene rings is 2. The van der Waals surface area contributed by atoms with E-state index in [-0.39, 0.29) is 17.0 Å². The molecule has 2 heterocycles. The molecule has 0 saturated heterocycles. The van der Waals surface area contributed by atoms with Gasteiger partial charge in [-0.15, -0.1) is 10.2 Å². The van der Waals surface area contributed by atoms with Gasteiger partial charge in [0.05, 0.1) is 28.6 Å². The van der Waals surface area contributed by atoms with E-state index in [0.717, 1.165) is 17.1 Å². The Hall–Kier alpha value is -2.54. The maximum absolute atomic E-state index is 12.7. The highest BCUT2D eigenvalue weighted by Gasteiger charge is 2.19. The highest BCUT2D eigenvalue weighted by Crippen LogP contribution is 2.29. The summed E-state index contributed by atoms with van der Waals surface area (Å²) < 4.78 is 7.53. The molecule has 0 saturated carbocycles. The molecule has 5 nitrogen and oxygen atoms in total. The summed E-state index contributed by atoms with van der Waals surface area (Å²) in [5.74, 6) is 1.62. The summed E-state index contributed by atoms with van der Waals surface area (Å²) in [6.45, 7) is 7.00. The second-order valence-electron chi connectivity index (χ2n) is 8.64. The van der Waals surface area contributed by atoms with Crippen LogP contribution >= 0.6 is 35.0 Å². The number of ketones is 1. The zero-order valence-corrected chi connectivity index (χ0v) is 20.8. The van der Waals surface area contributed by atoms with Crippen molar-refractivity contribution in [3.05, 3.63) is 87.8 Å². The molecule has 0 aliphatic rings. The van der Waals surface area contributed by atoms with E-state index in [2.05, 4.69) is 55.2 Å². The van der Waals surface area contributed by atoms with Gasteiger partial charge in [-0.25, -0.2) is 0 Å². The number of aromatic nitrogens is 3. The van der Waals surface area contributed by atoms with Gasteiger partial charge in [0.25, 0.3) is 0 Å². The second-order valence-corrected chi connectivity index (χ2v) is 10.4. The molecule has 0 N–H and O–H groups in total. The Morgan fingerprint density at radius 1 is 1.03 bits per heavy atom. The van der Waals surface area contributed by atoms with Crippen molar-refractivity contribution in [3.8, 4) is 11.4 Å². The molecular formula is C25H23Cl2N3O2S. The van der Waals surface area contributed by atoms with Crippen molar-refractivity contribution in [2.75, 3.05) is 5.75 Å². The molecule has 0 amide bonds. The van der Waals surface area contributed by atoms with Crippen molar-refractivity contribution >= 4 is 40.7 Å². The Balaban J connectivity index is 1.60. The molecule has 2 aromatic carbocycles. The van der Waals surface area contributed by atoms with E-state index in [1.165, 1.54) is 17.3 Å². The van der Waals surface area contributed by atoms with Crippen LogP contribution in [0, 0.1) is 0 Å². The number of carbonyl (C=O) groups excluding carboxylic acids is 1. The smallest absolute Gasteiger partial charge is 0.192 e. The van der Waals surface area contributed by atoms with Crippen LogP contribution in [0.2, 0.25) is 10.0 Å². The van der Waals surface area contributed by atoms with E-state index in [4.69, 9.17) is 27.6 Å². The molecule has 8 heteroatoms. The summed E-state index contributed by atoms with van der Waals surface area (Å²) >= 11 is 13.4. The maximum Gasteiger partial charge on any atom is 0.192 e. The zero-order valence-electron chi connectivity index (χ0n) is 18.5. The number of Topliss-reactive ketones (excluding diaryl/α,β-unsaturated/α-hetero) is 1. The molecule has 0 aliphatic heterocycles. The maximum atomic E-state index is 12.7. The Bertz CT molecular complexity index is 1260. The number of furan rings is 1. The first-order valence-corrected chi connectivity index (χ1v) is 12.1. The van der Waals surface area contributed by atoms with Crippen LogP contribution in [0.5, 0.6) is 0 Å². The first-order valence-electron chi connectivity index (χ1n) is 10.4. The highest BCUT2D eigenvalue weighted by molar-refractivity contribution is 7.99. The minimum absolute atomic E-state index is 0.0618. The fourth-order valence-electron chi connectivity index (χ4n) is 3.31. The van der Waals surface area contributed by atoms with Gasteiger partial charge in [0.1, 0.15) is 5.76 Å². The molecule has 0 bridgehead atoms. The van der Waals surface area contributed by atoms with Gasteiger partial charge in [0.2, 0.25) is 0 Å². The summed E-state index contributed by atoms with van der Waals surface area (Å²) in [5, 5.41) is 10.2. The lowest BCUT2D eigenvalue weighted by molar-refractivity contribution is 0.102. The molecule has 0 unspecified atom stereocenters. The number of carbonyl (C=O) groups is 1. The van der Waals surface area contributed by atoms with E-state index in [1.54, 1.807) is 24.5 Å². The van der Waals surface area contributed by atoms with Gasteiger partial charge in [-0.3, -0.25) is 9.36 Å². The SMILES string of the molecule is CC(C)(C)c1ccc(-c2nnc(SCC(=O)c3ccc(Cl)c(Cl)c3)n2Cc2ccco2)cc1. The Morgan fingerprint density at radius 2 is 1.79 bits per heavy atom. The molecule has 0 radical (unpaired) electrons. The van der Waals surface area contributed by atoms with E-state index in [1.807, 2.05) is 16.7 Å². The van der Waals surface area contributed by atoms with Crippen LogP contribution in [0.1, 0.15) is 42.5 Å². The Labute approximate surface area is 207 Å². The number of nitrogens with zero attached hydrogens (tertiary/aromatic N) is 3. The standard InChI is InChI=1S/C25H23Cl2N3O2S/c1-25(2,3)18-9-6-16(7-10-18)23-28-29-24(30(23)14-19-5-4-12-32-19)33-15-22(31)17-8-11-20(26)21(27)13-17/h4-13H,14-15H2,1-3H3. The van der Waals surface area contributed by atoms with E-state index in [9.17, 15) is 4.79 Å². The summed E-state index contributed by atoms with van der Waals surface area (Å²) in [6.07, 6.45) is 1.64. The number of thioether (sulfide) groups is 1. The van der Waals surface area contributed by atoms with E-state index >= 15 is 0 Å². The van der Waals surface area contributed by atoms with Gasteiger partial charge in [-0.2, -0.15) is 0 Å². The molecule has 0 fully saturated rings. The molecule has 0 aliphatic carbocycles. The first kappa shape index (κ1) is 23.6. The molecule has 33 heavy (non-hydrogen) atoms. The largest absolute Gasteiger partial charge is 0.467 e. The fourth-order valence-corrected chi connectivity index (χ4v) is 4.44. The van der Waals surface area contributed by atoms with Crippen LogP contribution in [-0.4, -0.2) is 26.3 Å². The van der Waals surface area contributed by atoms with Crippen LogP contribution in [0.4, 0.5) is 0 Å². The van der Waals surface area contributed by atoms with Gasteiger partial charge in [0.15, 0.2) is 16.8 Å². The zero-order chi connectivity index (χ0) is 23.6. The monoisotopic (exact) mass is 499 g/mol. The van der Waals surface area contributed by atoms with Crippen molar-refractivity contribution in [1.29, 1.82) is 0 Å². The predicted octanol–water partition coefficient (Wildman–Crippen LogP) is 7.17. The van der Waals surface area contributed by atoms with Gasteiger partial charge >= 0.3 is 0 Å². The van der Waals surface area contributed by atoms with Crippen molar-refractivity contribution in [2.45, 2.75) is 37.9 Å². The lowest BCUT2D eigenvalue weighted by atomic mass is 9.87. The van der Waals surface area contributed by atoms with E-state index in [0.29, 0.717) is 27.3 Å². The number of halogens is 2. The third-order valence-corrected chi connectivity index (χ3v) is 6.90. The van der Waals surface area contributed by atoms with Crippen molar-refractivity contribution in [2.24, 2.45) is 0 Å². The third kappa shape index (κ3) is 5.52. The van der Waals surface area contributed by atoms with Gasteiger partial charge in [-0.1, -0.05) is 80.0 Å². The lowest BCUT2D eigenvalue weighted by Gasteiger charge is -2.19. The highest BCUT2D eigenvalue weighted by atomic mass is 35.5. The van der Waals surface area contributed by atoms with Gasteiger partial charge < -0.3 is 4.42 Å². The lowest BCUT2D eigenvalue weighted by Crippen LogP contribution is -2.10. The summed E-state index contributed by atoms with van der Waals surface area (Å²) in [6, 6.07) is 17.0. The quantitative estimate of drug-likeness (QED) is 0.199. The molecule has 4 aromatic rings. The van der Waals surface area contributed by atoms with Crippen molar-refractivity contribution in [1.82, 2.24) is 14.8 Å². The molecule has 2 aromatic heterocycles. The molecule has 0 spiro atoms. The minimum atomic E-state index is -0.0674. The third-order valence-electron chi connectivity index (χ3n) is 5.19. The fraction of sp³-hybridized carbons (Fsp3) is 0.240. The van der Waals surface area contributed by atoms with Crippen LogP contribution in [0.15, 0.2) is 70.4 Å². The van der Waals surface area contributed by atoms with Crippen LogP contribution in [0.25, 0.3) is 11.4 Å². The average molecular weight is 500 g/mol. The average Bonchev–Trinajstić information content (AvgIpc) is 3.44. The molecule has 4 rings (SSSR count). The Kier molecular flexibility index (Phi) is 6.98. The molecule has 0 atom stereocenters. The van der Waals surface area contributed by atoms with Crippen LogP contribution in [-0.2, 0) is 12.0 Å². The predicted molar refractivity (Wildman–Crippen MR) is 133 cm³/mol. The van der Waals surface area contributed by atoms with Gasteiger partial charge in [-0.05, 0) is 41.3 Å². The van der Waals surface area contributed by atoms with Crippen molar-refractivity contribution < 1.29 is 9.21 Å². The van der Waals surface area contributed by atoms with Gasteiger partial charge in [0, 0.05) is 11.1 Å². The second kappa shape index (κ2) is 9.75. The first-order chi connectivity index (χ1) is 15.7. The van der Waals surface area contributed by atoms with Crippen LogP contribution in [0.3, 0.4) is 0 Å².